The van der Waals surface area contributed by atoms with E-state index < -0.39 is 6.09 Å². The number of nitrogens with zero attached hydrogens (tertiary/aromatic N) is 2. The van der Waals surface area contributed by atoms with Gasteiger partial charge in [-0.1, -0.05) is 0 Å². The topological polar surface area (TPSA) is 101 Å². The van der Waals surface area contributed by atoms with Crippen LogP contribution in [0.5, 0.6) is 0 Å². The molecule has 1 amide bonds. The van der Waals surface area contributed by atoms with Gasteiger partial charge in [-0.3, -0.25) is 9.88 Å². The normalized spacial score (nSPS) is 23.0. The summed E-state index contributed by atoms with van der Waals surface area (Å²) >= 11 is 0. The second-order valence-electron chi connectivity index (χ2n) is 4.49. The number of rotatable bonds is 3. The maximum absolute atomic E-state index is 11.5. The van der Waals surface area contributed by atoms with Gasteiger partial charge in [0.05, 0.1) is 29.7 Å². The number of hydrogen-bond acceptors (Lipinski definition) is 5. The van der Waals surface area contributed by atoms with E-state index >= 15 is 0 Å². The minimum atomic E-state index is -1.03. The third kappa shape index (κ3) is 2.94. The van der Waals surface area contributed by atoms with Crippen molar-refractivity contribution >= 4 is 17.5 Å². The standard InChI is InChI=1S/C12H18N4O3/c1-19-9-4-8(5-15-6-9)16(12(17)18)11-2-3-14-7-10(11)13/h2-3,7-9,15H,4-6,13H2,1H3,(H,17,18). The number of carboxylic acid groups (broad SMARTS) is 1. The first-order chi connectivity index (χ1) is 9.13. The molecule has 104 valence electrons. The number of aromatic nitrogens is 1. The molecule has 7 heteroatoms. The fourth-order valence-electron chi connectivity index (χ4n) is 2.33. The van der Waals surface area contributed by atoms with Crippen LogP contribution in [-0.2, 0) is 4.74 Å². The Morgan fingerprint density at radius 1 is 1.63 bits per heavy atom. The van der Waals surface area contributed by atoms with Gasteiger partial charge in [0.15, 0.2) is 0 Å². The molecule has 4 N–H and O–H groups in total. The number of carbonyl (C=O) groups is 1. The van der Waals surface area contributed by atoms with Gasteiger partial charge in [-0.05, 0) is 12.5 Å². The average molecular weight is 266 g/mol. The predicted molar refractivity (Wildman–Crippen MR) is 71.2 cm³/mol. The van der Waals surface area contributed by atoms with Crippen LogP contribution in [0.25, 0.3) is 0 Å². The third-order valence-electron chi connectivity index (χ3n) is 3.28. The minimum Gasteiger partial charge on any atom is -0.465 e. The van der Waals surface area contributed by atoms with Gasteiger partial charge in [0.1, 0.15) is 0 Å². The Bertz CT molecular complexity index is 454. The van der Waals surface area contributed by atoms with E-state index in [4.69, 9.17) is 10.5 Å². The fourth-order valence-corrected chi connectivity index (χ4v) is 2.33. The SMILES string of the molecule is COC1CNCC(N(C(=O)O)c2ccncc2N)C1. The minimum absolute atomic E-state index is 0.00339. The summed E-state index contributed by atoms with van der Waals surface area (Å²) < 4.78 is 5.29. The molecule has 7 nitrogen and oxygen atoms in total. The van der Waals surface area contributed by atoms with Crippen LogP contribution in [0.4, 0.5) is 16.2 Å². The number of piperidine rings is 1. The van der Waals surface area contributed by atoms with Crippen molar-refractivity contribution in [2.45, 2.75) is 18.6 Å². The number of ether oxygens (including phenoxy) is 1. The summed E-state index contributed by atoms with van der Waals surface area (Å²) in [4.78, 5) is 16.7. The highest BCUT2D eigenvalue weighted by Crippen LogP contribution is 2.26. The maximum atomic E-state index is 11.5. The fraction of sp³-hybridized carbons (Fsp3) is 0.500. The van der Waals surface area contributed by atoms with Crippen LogP contribution in [0.15, 0.2) is 18.5 Å². The molecule has 1 aromatic rings. The molecular formula is C12H18N4O3. The second kappa shape index (κ2) is 5.85. The summed E-state index contributed by atoms with van der Waals surface area (Å²) in [5.74, 6) is 0. The molecule has 0 spiro atoms. The molecule has 19 heavy (non-hydrogen) atoms. The van der Waals surface area contributed by atoms with Crippen molar-refractivity contribution in [1.82, 2.24) is 10.3 Å². The maximum Gasteiger partial charge on any atom is 0.412 e. The van der Waals surface area contributed by atoms with Crippen molar-refractivity contribution in [3.05, 3.63) is 18.5 Å². The van der Waals surface area contributed by atoms with E-state index in [1.165, 1.54) is 17.3 Å². The van der Waals surface area contributed by atoms with Crippen LogP contribution in [0, 0.1) is 0 Å². The summed E-state index contributed by atoms with van der Waals surface area (Å²) in [6.45, 7) is 1.31. The molecule has 2 atom stereocenters. The lowest BCUT2D eigenvalue weighted by Crippen LogP contribution is -2.53. The van der Waals surface area contributed by atoms with Gasteiger partial charge < -0.3 is 20.9 Å². The number of nitrogen functional groups attached to an aromatic ring is 1. The van der Waals surface area contributed by atoms with Gasteiger partial charge in [-0.25, -0.2) is 4.79 Å². The lowest BCUT2D eigenvalue weighted by atomic mass is 10.0. The zero-order chi connectivity index (χ0) is 13.8. The lowest BCUT2D eigenvalue weighted by Gasteiger charge is -2.36. The number of methoxy groups -OCH3 is 1. The van der Waals surface area contributed by atoms with Gasteiger partial charge in [0.2, 0.25) is 0 Å². The highest BCUT2D eigenvalue weighted by Gasteiger charge is 2.31. The predicted octanol–water partition coefficient (Wildman–Crippen LogP) is 0.525. The molecule has 1 aliphatic rings. The van der Waals surface area contributed by atoms with Crippen LogP contribution in [0.3, 0.4) is 0 Å². The molecule has 0 saturated carbocycles. The molecular weight excluding hydrogens is 248 g/mol. The molecule has 0 aromatic carbocycles. The van der Waals surface area contributed by atoms with E-state index in [0.717, 1.165) is 6.54 Å². The first-order valence-corrected chi connectivity index (χ1v) is 6.08. The van der Waals surface area contributed by atoms with Crippen molar-refractivity contribution < 1.29 is 14.6 Å². The van der Waals surface area contributed by atoms with Crippen LogP contribution >= 0.6 is 0 Å². The zero-order valence-corrected chi connectivity index (χ0v) is 10.7. The quantitative estimate of drug-likeness (QED) is 0.737. The summed E-state index contributed by atoms with van der Waals surface area (Å²) in [6.07, 6.45) is 2.60. The average Bonchev–Trinajstić information content (AvgIpc) is 2.41. The molecule has 0 radical (unpaired) electrons. The smallest absolute Gasteiger partial charge is 0.412 e. The molecule has 2 rings (SSSR count). The molecule has 0 aliphatic carbocycles. The molecule has 1 saturated heterocycles. The van der Waals surface area contributed by atoms with Crippen LogP contribution in [0.1, 0.15) is 6.42 Å². The zero-order valence-electron chi connectivity index (χ0n) is 10.7. The number of pyridine rings is 1. The van der Waals surface area contributed by atoms with Crippen molar-refractivity contribution in [2.75, 3.05) is 30.8 Å². The lowest BCUT2D eigenvalue weighted by molar-refractivity contribution is 0.0731. The van der Waals surface area contributed by atoms with E-state index in [1.54, 1.807) is 13.2 Å². The van der Waals surface area contributed by atoms with Crippen LogP contribution in [-0.4, -0.2) is 48.5 Å². The van der Waals surface area contributed by atoms with Crippen LogP contribution in [0.2, 0.25) is 0 Å². The third-order valence-corrected chi connectivity index (χ3v) is 3.28. The molecule has 1 aliphatic heterocycles. The highest BCUT2D eigenvalue weighted by atomic mass is 16.5. The summed E-state index contributed by atoms with van der Waals surface area (Å²) in [7, 11) is 1.63. The Morgan fingerprint density at radius 2 is 2.42 bits per heavy atom. The molecule has 1 aromatic heterocycles. The van der Waals surface area contributed by atoms with Crippen LogP contribution < -0.4 is 16.0 Å². The molecule has 0 bridgehead atoms. The second-order valence-corrected chi connectivity index (χ2v) is 4.49. The molecule has 2 unspecified atom stereocenters. The highest BCUT2D eigenvalue weighted by molar-refractivity contribution is 5.90. The molecule has 2 heterocycles. The molecule has 1 fully saturated rings. The van der Waals surface area contributed by atoms with Gasteiger partial charge >= 0.3 is 6.09 Å². The van der Waals surface area contributed by atoms with E-state index in [-0.39, 0.29) is 12.1 Å². The number of hydrogen-bond donors (Lipinski definition) is 3. The Labute approximate surface area is 111 Å². The largest absolute Gasteiger partial charge is 0.465 e. The van der Waals surface area contributed by atoms with E-state index in [0.29, 0.717) is 24.3 Å². The number of nitrogens with two attached hydrogens (primary N) is 1. The Kier molecular flexibility index (Phi) is 4.18. The summed E-state index contributed by atoms with van der Waals surface area (Å²) in [5.41, 5.74) is 6.63. The van der Waals surface area contributed by atoms with E-state index in [9.17, 15) is 9.90 Å². The van der Waals surface area contributed by atoms with Crippen molar-refractivity contribution in [3.8, 4) is 0 Å². The monoisotopic (exact) mass is 266 g/mol. The number of amides is 1. The summed E-state index contributed by atoms with van der Waals surface area (Å²) in [6, 6.07) is 1.40. The first kappa shape index (κ1) is 13.6. The summed E-state index contributed by atoms with van der Waals surface area (Å²) in [5, 5.41) is 12.6. The van der Waals surface area contributed by atoms with Gasteiger partial charge in [0, 0.05) is 26.4 Å². The first-order valence-electron chi connectivity index (χ1n) is 6.08. The Balaban J connectivity index is 2.26. The van der Waals surface area contributed by atoms with E-state index in [1.807, 2.05) is 0 Å². The Hall–Kier alpha value is -1.86. The number of nitrogens with one attached hydrogen (secondary N) is 1. The number of anilines is 2. The van der Waals surface area contributed by atoms with Crippen molar-refractivity contribution in [3.63, 3.8) is 0 Å². The van der Waals surface area contributed by atoms with Gasteiger partial charge in [-0.2, -0.15) is 0 Å². The van der Waals surface area contributed by atoms with Gasteiger partial charge in [0.25, 0.3) is 0 Å². The van der Waals surface area contributed by atoms with Crippen molar-refractivity contribution in [2.24, 2.45) is 0 Å². The van der Waals surface area contributed by atoms with Gasteiger partial charge in [-0.15, -0.1) is 0 Å². The van der Waals surface area contributed by atoms with E-state index in [2.05, 4.69) is 10.3 Å². The van der Waals surface area contributed by atoms with Crippen molar-refractivity contribution in [1.29, 1.82) is 0 Å². The Morgan fingerprint density at radius 3 is 3.05 bits per heavy atom.